The quantitative estimate of drug-likeness (QED) is 0.563. The summed E-state index contributed by atoms with van der Waals surface area (Å²) >= 11 is 0. The number of amides is 1. The van der Waals surface area contributed by atoms with E-state index in [1.54, 1.807) is 43.3 Å². The van der Waals surface area contributed by atoms with Crippen molar-refractivity contribution in [1.82, 2.24) is 5.32 Å². The largest absolute Gasteiger partial charge is 0.345 e. The van der Waals surface area contributed by atoms with Gasteiger partial charge in [-0.2, -0.15) is 0 Å². The molecule has 156 valence electrons. The molecule has 1 unspecified atom stereocenters. The van der Waals surface area contributed by atoms with Crippen molar-refractivity contribution in [2.45, 2.75) is 38.1 Å². The van der Waals surface area contributed by atoms with Gasteiger partial charge in [0.05, 0.1) is 16.6 Å². The van der Waals surface area contributed by atoms with E-state index in [9.17, 15) is 13.2 Å². The van der Waals surface area contributed by atoms with E-state index < -0.39 is 10.0 Å². The van der Waals surface area contributed by atoms with Gasteiger partial charge in [-0.1, -0.05) is 49.4 Å². The Morgan fingerprint density at radius 1 is 0.900 bits per heavy atom. The van der Waals surface area contributed by atoms with Crippen molar-refractivity contribution in [3.05, 3.63) is 95.1 Å². The summed E-state index contributed by atoms with van der Waals surface area (Å²) in [6, 6.07) is 21.1. The molecule has 0 aliphatic heterocycles. The minimum atomic E-state index is -3.68. The number of hydrogen-bond acceptors (Lipinski definition) is 3. The lowest BCUT2D eigenvalue weighted by Gasteiger charge is -2.20. The molecule has 6 heteroatoms. The van der Waals surface area contributed by atoms with Crippen molar-refractivity contribution >= 4 is 21.6 Å². The molecular weight excluding hydrogens is 396 g/mol. The van der Waals surface area contributed by atoms with Crippen LogP contribution in [0.4, 0.5) is 5.69 Å². The molecule has 30 heavy (non-hydrogen) atoms. The first-order valence-corrected chi connectivity index (χ1v) is 11.3. The Labute approximate surface area is 178 Å². The van der Waals surface area contributed by atoms with Crippen LogP contribution in [0.1, 0.15) is 46.4 Å². The van der Waals surface area contributed by atoms with E-state index in [-0.39, 0.29) is 16.8 Å². The standard InChI is InChI=1S/C24H26N2O3S/c1-4-22(21-13-9-8-10-17(21)2)25-24(27)19-14-15-23(18(3)16-19)26-30(28,29)20-11-6-5-7-12-20/h5-16,22,26H,4H2,1-3H3,(H,25,27). The molecule has 1 atom stereocenters. The lowest BCUT2D eigenvalue weighted by Crippen LogP contribution is -2.28. The first-order valence-electron chi connectivity index (χ1n) is 9.86. The fourth-order valence-corrected chi connectivity index (χ4v) is 4.49. The van der Waals surface area contributed by atoms with Gasteiger partial charge in [0.2, 0.25) is 0 Å². The molecule has 3 aromatic carbocycles. The number of carbonyl (C=O) groups is 1. The number of sulfonamides is 1. The zero-order valence-corrected chi connectivity index (χ0v) is 18.2. The molecule has 0 saturated heterocycles. The maximum atomic E-state index is 12.8. The SMILES string of the molecule is CCC(NC(=O)c1ccc(NS(=O)(=O)c2ccccc2)c(C)c1)c1ccccc1C. The summed E-state index contributed by atoms with van der Waals surface area (Å²) in [7, 11) is -3.68. The van der Waals surface area contributed by atoms with Crippen LogP contribution < -0.4 is 10.0 Å². The second kappa shape index (κ2) is 9.13. The van der Waals surface area contributed by atoms with Crippen molar-refractivity contribution in [2.75, 3.05) is 4.72 Å². The number of benzene rings is 3. The van der Waals surface area contributed by atoms with E-state index in [0.29, 0.717) is 16.8 Å². The Hall–Kier alpha value is -3.12. The third kappa shape index (κ3) is 4.89. The van der Waals surface area contributed by atoms with Gasteiger partial charge in [0.25, 0.3) is 15.9 Å². The molecule has 5 nitrogen and oxygen atoms in total. The predicted molar refractivity (Wildman–Crippen MR) is 120 cm³/mol. The minimum Gasteiger partial charge on any atom is -0.345 e. The Kier molecular flexibility index (Phi) is 6.57. The second-order valence-electron chi connectivity index (χ2n) is 7.24. The number of anilines is 1. The predicted octanol–water partition coefficient (Wildman–Crippen LogP) is 4.99. The highest BCUT2D eigenvalue weighted by atomic mass is 32.2. The molecule has 0 fully saturated rings. The number of aryl methyl sites for hydroxylation is 2. The summed E-state index contributed by atoms with van der Waals surface area (Å²) in [6.45, 7) is 5.84. The Balaban J connectivity index is 1.78. The molecule has 0 bridgehead atoms. The van der Waals surface area contributed by atoms with Gasteiger partial charge < -0.3 is 5.32 Å². The summed E-state index contributed by atoms with van der Waals surface area (Å²) in [5.41, 5.74) is 3.83. The van der Waals surface area contributed by atoms with Crippen LogP contribution in [0.5, 0.6) is 0 Å². The Bertz CT molecular complexity index is 1140. The van der Waals surface area contributed by atoms with Gasteiger partial charge in [-0.25, -0.2) is 8.42 Å². The molecule has 0 heterocycles. The molecular formula is C24H26N2O3S. The average molecular weight is 423 g/mol. The van der Waals surface area contributed by atoms with Crippen LogP contribution in [0.15, 0.2) is 77.7 Å². The van der Waals surface area contributed by atoms with Crippen LogP contribution in [-0.2, 0) is 10.0 Å². The smallest absolute Gasteiger partial charge is 0.261 e. The van der Waals surface area contributed by atoms with Crippen molar-refractivity contribution in [3.63, 3.8) is 0 Å². The van der Waals surface area contributed by atoms with E-state index in [1.807, 2.05) is 38.1 Å². The summed E-state index contributed by atoms with van der Waals surface area (Å²) in [5, 5.41) is 3.08. The maximum absolute atomic E-state index is 12.8. The van der Waals surface area contributed by atoms with Gasteiger partial charge >= 0.3 is 0 Å². The monoisotopic (exact) mass is 422 g/mol. The third-order valence-corrected chi connectivity index (χ3v) is 6.45. The lowest BCUT2D eigenvalue weighted by molar-refractivity contribution is 0.0935. The molecule has 0 saturated carbocycles. The fourth-order valence-electron chi connectivity index (χ4n) is 3.34. The number of hydrogen-bond donors (Lipinski definition) is 2. The Morgan fingerprint density at radius 2 is 1.57 bits per heavy atom. The van der Waals surface area contributed by atoms with E-state index >= 15 is 0 Å². The summed E-state index contributed by atoms with van der Waals surface area (Å²) in [6.07, 6.45) is 0.768. The highest BCUT2D eigenvalue weighted by Gasteiger charge is 2.18. The minimum absolute atomic E-state index is 0.0877. The molecule has 2 N–H and O–H groups in total. The van der Waals surface area contributed by atoms with Crippen molar-refractivity contribution in [1.29, 1.82) is 0 Å². The first-order chi connectivity index (χ1) is 14.3. The van der Waals surface area contributed by atoms with E-state index in [1.165, 1.54) is 12.1 Å². The number of carbonyl (C=O) groups excluding carboxylic acids is 1. The molecule has 0 aromatic heterocycles. The molecule has 0 radical (unpaired) electrons. The molecule has 1 amide bonds. The van der Waals surface area contributed by atoms with Gasteiger partial charge in [0, 0.05) is 5.56 Å². The molecule has 0 aliphatic carbocycles. The fraction of sp³-hybridized carbons (Fsp3) is 0.208. The molecule has 3 rings (SSSR count). The molecule has 0 spiro atoms. The van der Waals surface area contributed by atoms with E-state index in [2.05, 4.69) is 10.0 Å². The third-order valence-electron chi connectivity index (χ3n) is 5.06. The van der Waals surface area contributed by atoms with Crippen LogP contribution in [0.3, 0.4) is 0 Å². The highest BCUT2D eigenvalue weighted by Crippen LogP contribution is 2.23. The normalized spacial score (nSPS) is 12.2. The first kappa shape index (κ1) is 21.6. The Morgan fingerprint density at radius 3 is 2.20 bits per heavy atom. The summed E-state index contributed by atoms with van der Waals surface area (Å²) in [5.74, 6) is -0.189. The van der Waals surface area contributed by atoms with Crippen LogP contribution in [0.2, 0.25) is 0 Å². The second-order valence-corrected chi connectivity index (χ2v) is 8.92. The highest BCUT2D eigenvalue weighted by molar-refractivity contribution is 7.92. The van der Waals surface area contributed by atoms with Crippen LogP contribution in [-0.4, -0.2) is 14.3 Å². The van der Waals surface area contributed by atoms with Crippen LogP contribution in [0.25, 0.3) is 0 Å². The van der Waals surface area contributed by atoms with Crippen molar-refractivity contribution < 1.29 is 13.2 Å². The average Bonchev–Trinajstić information content (AvgIpc) is 2.74. The molecule has 3 aromatic rings. The van der Waals surface area contributed by atoms with Crippen LogP contribution in [0, 0.1) is 13.8 Å². The zero-order chi connectivity index (χ0) is 21.7. The van der Waals surface area contributed by atoms with Gasteiger partial charge in [-0.15, -0.1) is 0 Å². The van der Waals surface area contributed by atoms with E-state index in [0.717, 1.165) is 17.5 Å². The van der Waals surface area contributed by atoms with E-state index in [4.69, 9.17) is 0 Å². The topological polar surface area (TPSA) is 75.3 Å². The van der Waals surface area contributed by atoms with Crippen molar-refractivity contribution in [2.24, 2.45) is 0 Å². The van der Waals surface area contributed by atoms with Gasteiger partial charge in [-0.3, -0.25) is 9.52 Å². The van der Waals surface area contributed by atoms with Crippen LogP contribution >= 0.6 is 0 Å². The van der Waals surface area contributed by atoms with Gasteiger partial charge in [0.15, 0.2) is 0 Å². The number of rotatable bonds is 7. The summed E-state index contributed by atoms with van der Waals surface area (Å²) in [4.78, 5) is 13.0. The zero-order valence-electron chi connectivity index (χ0n) is 17.3. The molecule has 0 aliphatic rings. The van der Waals surface area contributed by atoms with Gasteiger partial charge in [0.1, 0.15) is 0 Å². The summed E-state index contributed by atoms with van der Waals surface area (Å²) < 4.78 is 27.7. The van der Waals surface area contributed by atoms with Gasteiger partial charge in [-0.05, 0) is 67.3 Å². The maximum Gasteiger partial charge on any atom is 0.261 e. The lowest BCUT2D eigenvalue weighted by atomic mass is 9.99. The van der Waals surface area contributed by atoms with Crippen molar-refractivity contribution in [3.8, 4) is 0 Å². The number of nitrogens with one attached hydrogen (secondary N) is 2.